The van der Waals surface area contributed by atoms with Gasteiger partial charge < -0.3 is 5.32 Å². The average Bonchev–Trinajstić information content (AvgIpc) is 3.51. The number of aryl methyl sites for hydroxylation is 1. The van der Waals surface area contributed by atoms with E-state index in [0.717, 1.165) is 32.6 Å². The summed E-state index contributed by atoms with van der Waals surface area (Å²) in [6, 6.07) is 10.8. The number of hydrogen-bond acceptors (Lipinski definition) is 9. The van der Waals surface area contributed by atoms with Crippen molar-refractivity contribution >= 4 is 56.2 Å². The standard InChI is InChI=1S/C19H16N8O2S3/c1-12-8-15(25-24-12)22-19-23-17(9-16-21-6-7-27(16)19)31-14-4-2-13(3-5-14)26-32(28,29)18-10-20-11-30-18/h2-11,26H,1H3,(H2,22,23,24,25). The Hall–Kier alpha value is -3.42. The van der Waals surface area contributed by atoms with Crippen LogP contribution >= 0.6 is 23.1 Å². The van der Waals surface area contributed by atoms with Gasteiger partial charge in [-0.3, -0.25) is 19.2 Å². The molecule has 0 unspecified atom stereocenters. The highest BCUT2D eigenvalue weighted by Crippen LogP contribution is 2.30. The molecule has 0 bridgehead atoms. The van der Waals surface area contributed by atoms with Crippen molar-refractivity contribution in [2.45, 2.75) is 21.1 Å². The predicted molar refractivity (Wildman–Crippen MR) is 123 cm³/mol. The van der Waals surface area contributed by atoms with Gasteiger partial charge in [-0.2, -0.15) is 5.10 Å². The van der Waals surface area contributed by atoms with Crippen LogP contribution in [0.15, 0.2) is 74.6 Å². The van der Waals surface area contributed by atoms with E-state index in [-0.39, 0.29) is 4.21 Å². The second-order valence-corrected chi connectivity index (χ2v) is 10.6. The summed E-state index contributed by atoms with van der Waals surface area (Å²) in [6.07, 6.45) is 4.85. The van der Waals surface area contributed by atoms with Crippen LogP contribution in [-0.4, -0.2) is 38.0 Å². The minimum atomic E-state index is -3.63. The van der Waals surface area contributed by atoms with Crippen molar-refractivity contribution in [2.24, 2.45) is 0 Å². The molecule has 1 aromatic carbocycles. The second kappa shape index (κ2) is 8.26. The average molecular weight is 485 g/mol. The van der Waals surface area contributed by atoms with Gasteiger partial charge in [-0.15, -0.1) is 11.3 Å². The number of nitrogens with zero attached hydrogens (tertiary/aromatic N) is 5. The van der Waals surface area contributed by atoms with Gasteiger partial charge in [-0.05, 0) is 31.2 Å². The van der Waals surface area contributed by atoms with Crippen molar-refractivity contribution in [3.8, 4) is 0 Å². The van der Waals surface area contributed by atoms with Crippen LogP contribution in [0.5, 0.6) is 0 Å². The molecule has 0 aliphatic carbocycles. The highest BCUT2D eigenvalue weighted by Gasteiger charge is 2.16. The number of imidazole rings is 1. The molecule has 4 heterocycles. The van der Waals surface area contributed by atoms with Crippen LogP contribution < -0.4 is 10.0 Å². The van der Waals surface area contributed by atoms with Crippen LogP contribution in [0.1, 0.15) is 5.69 Å². The fraction of sp³-hybridized carbons (Fsp3) is 0.0526. The van der Waals surface area contributed by atoms with Crippen LogP contribution in [-0.2, 0) is 10.0 Å². The van der Waals surface area contributed by atoms with Gasteiger partial charge >= 0.3 is 0 Å². The lowest BCUT2D eigenvalue weighted by atomic mass is 10.3. The number of aromatic amines is 1. The number of sulfonamides is 1. The summed E-state index contributed by atoms with van der Waals surface area (Å²) in [7, 11) is -3.63. The van der Waals surface area contributed by atoms with Crippen LogP contribution in [0, 0.1) is 6.92 Å². The third kappa shape index (κ3) is 4.30. The number of H-pyrrole nitrogens is 1. The molecule has 4 aromatic heterocycles. The Morgan fingerprint density at radius 1 is 1.19 bits per heavy atom. The quantitative estimate of drug-likeness (QED) is 0.296. The first-order valence-electron chi connectivity index (χ1n) is 9.29. The number of aromatic nitrogens is 6. The van der Waals surface area contributed by atoms with Gasteiger partial charge in [0.05, 0.1) is 11.7 Å². The molecule has 0 spiro atoms. The van der Waals surface area contributed by atoms with E-state index in [4.69, 9.17) is 4.98 Å². The van der Waals surface area contributed by atoms with Gasteiger partial charge in [-0.1, -0.05) is 11.8 Å². The van der Waals surface area contributed by atoms with Crippen LogP contribution in [0.4, 0.5) is 17.5 Å². The number of rotatable bonds is 7. The molecule has 162 valence electrons. The molecule has 0 saturated carbocycles. The number of hydrogen-bond donors (Lipinski definition) is 3. The minimum Gasteiger partial charge on any atom is -0.308 e. The van der Waals surface area contributed by atoms with Crippen molar-refractivity contribution in [2.75, 3.05) is 10.0 Å². The second-order valence-electron chi connectivity index (χ2n) is 6.69. The maximum absolute atomic E-state index is 12.3. The Kier molecular flexibility index (Phi) is 5.28. The van der Waals surface area contributed by atoms with Crippen molar-refractivity contribution in [1.29, 1.82) is 0 Å². The van der Waals surface area contributed by atoms with Gasteiger partial charge in [0, 0.05) is 40.8 Å². The first-order chi connectivity index (χ1) is 15.5. The topological polar surface area (TPSA) is 130 Å². The minimum absolute atomic E-state index is 0.167. The highest BCUT2D eigenvalue weighted by atomic mass is 32.2. The molecule has 0 atom stereocenters. The first-order valence-corrected chi connectivity index (χ1v) is 12.5. The maximum atomic E-state index is 12.3. The lowest BCUT2D eigenvalue weighted by Crippen LogP contribution is -2.11. The Morgan fingerprint density at radius 2 is 2.03 bits per heavy atom. The molecule has 10 nitrogen and oxygen atoms in total. The summed E-state index contributed by atoms with van der Waals surface area (Å²) in [6.45, 7) is 1.92. The normalized spacial score (nSPS) is 11.7. The summed E-state index contributed by atoms with van der Waals surface area (Å²) in [4.78, 5) is 13.8. The van der Waals surface area contributed by atoms with Crippen molar-refractivity contribution in [1.82, 2.24) is 29.5 Å². The molecular formula is C19H16N8O2S3. The molecule has 3 N–H and O–H groups in total. The monoisotopic (exact) mass is 484 g/mol. The van der Waals surface area contributed by atoms with E-state index < -0.39 is 10.0 Å². The number of anilines is 3. The Morgan fingerprint density at radius 3 is 2.75 bits per heavy atom. The zero-order valence-corrected chi connectivity index (χ0v) is 19.0. The van der Waals surface area contributed by atoms with E-state index in [0.29, 0.717) is 17.5 Å². The molecule has 13 heteroatoms. The van der Waals surface area contributed by atoms with Crippen LogP contribution in [0.2, 0.25) is 0 Å². The molecule has 0 radical (unpaired) electrons. The van der Waals surface area contributed by atoms with Gasteiger partial charge in [0.25, 0.3) is 10.0 Å². The number of nitrogens with one attached hydrogen (secondary N) is 3. The van der Waals surface area contributed by atoms with E-state index in [1.54, 1.807) is 18.3 Å². The van der Waals surface area contributed by atoms with E-state index in [1.165, 1.54) is 23.5 Å². The third-order valence-electron chi connectivity index (χ3n) is 4.32. The van der Waals surface area contributed by atoms with Gasteiger partial charge in [-0.25, -0.2) is 18.4 Å². The Balaban J connectivity index is 1.36. The van der Waals surface area contributed by atoms with Gasteiger partial charge in [0.2, 0.25) is 5.95 Å². The predicted octanol–water partition coefficient (Wildman–Crippen LogP) is 3.91. The van der Waals surface area contributed by atoms with E-state index in [1.807, 2.05) is 41.8 Å². The van der Waals surface area contributed by atoms with E-state index in [9.17, 15) is 8.42 Å². The number of fused-ring (bicyclic) bond motifs is 1. The molecule has 0 fully saturated rings. The van der Waals surface area contributed by atoms with Crippen molar-refractivity contribution in [3.63, 3.8) is 0 Å². The zero-order chi connectivity index (χ0) is 22.1. The molecule has 5 aromatic rings. The smallest absolute Gasteiger partial charge is 0.273 e. The van der Waals surface area contributed by atoms with Crippen molar-refractivity contribution in [3.05, 3.63) is 66.2 Å². The fourth-order valence-electron chi connectivity index (χ4n) is 2.89. The van der Waals surface area contributed by atoms with Gasteiger partial charge in [0.15, 0.2) is 10.0 Å². The Labute approximate surface area is 191 Å². The molecule has 5 rings (SSSR count). The largest absolute Gasteiger partial charge is 0.308 e. The summed E-state index contributed by atoms with van der Waals surface area (Å²) >= 11 is 2.51. The third-order valence-corrected chi connectivity index (χ3v) is 7.89. The molecule has 32 heavy (non-hydrogen) atoms. The van der Waals surface area contributed by atoms with E-state index in [2.05, 4.69) is 30.2 Å². The molecule has 0 saturated heterocycles. The maximum Gasteiger partial charge on any atom is 0.273 e. The summed E-state index contributed by atoms with van der Waals surface area (Å²) in [5.41, 5.74) is 3.63. The summed E-state index contributed by atoms with van der Waals surface area (Å²) < 4.78 is 29.3. The molecule has 0 aliphatic heterocycles. The molecule has 0 amide bonds. The SMILES string of the molecule is Cc1cc(Nc2nc(Sc3ccc(NS(=O)(=O)c4cncs4)cc3)cc3nccn23)n[nH]1. The van der Waals surface area contributed by atoms with Gasteiger partial charge in [0.1, 0.15) is 10.7 Å². The fourth-order valence-corrected chi connectivity index (χ4v) is 5.56. The summed E-state index contributed by atoms with van der Waals surface area (Å²) in [5, 5.41) is 11.0. The number of thiazole rings is 1. The van der Waals surface area contributed by atoms with Crippen LogP contribution in [0.25, 0.3) is 5.65 Å². The lowest BCUT2D eigenvalue weighted by molar-refractivity contribution is 0.603. The molecule has 0 aliphatic rings. The Bertz CT molecular complexity index is 1470. The van der Waals surface area contributed by atoms with E-state index >= 15 is 0 Å². The highest BCUT2D eigenvalue weighted by molar-refractivity contribution is 7.99. The first kappa shape index (κ1) is 20.5. The van der Waals surface area contributed by atoms with Crippen LogP contribution in [0.3, 0.4) is 0 Å². The van der Waals surface area contributed by atoms with Crippen molar-refractivity contribution < 1.29 is 8.42 Å². The lowest BCUT2D eigenvalue weighted by Gasteiger charge is -2.09. The summed E-state index contributed by atoms with van der Waals surface area (Å²) in [5.74, 6) is 1.24. The zero-order valence-electron chi connectivity index (χ0n) is 16.6. The molecular weight excluding hydrogens is 468 g/mol. The number of benzene rings is 1.